The van der Waals surface area contributed by atoms with Crippen molar-refractivity contribution in [3.8, 4) is 0 Å². The van der Waals surface area contributed by atoms with Gasteiger partial charge in [-0.3, -0.25) is 0 Å². The van der Waals surface area contributed by atoms with E-state index in [1.807, 2.05) is 0 Å². The maximum absolute atomic E-state index is 5.68. The molecule has 0 aromatic rings. The lowest BCUT2D eigenvalue weighted by Crippen LogP contribution is -2.12. The molecule has 0 saturated heterocycles. The van der Waals surface area contributed by atoms with Crippen molar-refractivity contribution >= 4 is 25.2 Å². The molecular weight excluding hydrogens is 261 g/mol. The van der Waals surface area contributed by atoms with Gasteiger partial charge in [-0.2, -0.15) is 0 Å². The highest BCUT2D eigenvalue weighted by atomic mass is 127. The van der Waals surface area contributed by atoms with E-state index >= 15 is 0 Å². The molecule has 0 fully saturated rings. The summed E-state index contributed by atoms with van der Waals surface area (Å²) in [5, 5.41) is 0. The van der Waals surface area contributed by atoms with Crippen molar-refractivity contribution in [3.05, 3.63) is 11.6 Å². The average Bonchev–Trinajstić information content (AvgIpc) is 2.26. The molecule has 12 heavy (non-hydrogen) atoms. The fourth-order valence-electron chi connectivity index (χ4n) is 1.73. The quantitative estimate of drug-likeness (QED) is 0.469. The van der Waals surface area contributed by atoms with E-state index in [9.17, 15) is 0 Å². The van der Waals surface area contributed by atoms with Crippen molar-refractivity contribution in [2.75, 3.05) is 6.54 Å². The van der Waals surface area contributed by atoms with Gasteiger partial charge in [-0.15, -0.1) is 20.7 Å². The summed E-state index contributed by atoms with van der Waals surface area (Å²) >= 11 is 0.193. The van der Waals surface area contributed by atoms with Crippen molar-refractivity contribution < 1.29 is 0 Å². The highest BCUT2D eigenvalue weighted by Gasteiger charge is 2.16. The monoisotopic (exact) mass is 279 g/mol. The zero-order valence-corrected chi connectivity index (χ0v) is 9.88. The van der Waals surface area contributed by atoms with Gasteiger partial charge in [0.15, 0.2) is 0 Å². The van der Waals surface area contributed by atoms with Crippen molar-refractivity contribution in [1.82, 2.24) is 0 Å². The lowest BCUT2D eigenvalue weighted by atomic mass is 9.98. The Balaban J connectivity index is 2.60. The Kier molecular flexibility index (Phi) is 4.43. The van der Waals surface area contributed by atoms with Crippen LogP contribution in [0.1, 0.15) is 26.2 Å². The van der Waals surface area contributed by atoms with Crippen LogP contribution in [0.3, 0.4) is 0 Å². The minimum Gasteiger partial charge on any atom is -0.327 e. The summed E-state index contributed by atoms with van der Waals surface area (Å²) < 4.78 is 5.02. The predicted octanol–water partition coefficient (Wildman–Crippen LogP) is 2.46. The highest BCUT2D eigenvalue weighted by molar-refractivity contribution is 14.2. The van der Waals surface area contributed by atoms with Gasteiger partial charge >= 0.3 is 0 Å². The molecule has 0 bridgehead atoms. The van der Waals surface area contributed by atoms with E-state index in [0.29, 0.717) is 5.92 Å². The summed E-state index contributed by atoms with van der Waals surface area (Å²) in [4.78, 5) is 0. The van der Waals surface area contributed by atoms with Crippen molar-refractivity contribution in [2.24, 2.45) is 11.7 Å². The summed E-state index contributed by atoms with van der Waals surface area (Å²) in [5.41, 5.74) is 7.14. The van der Waals surface area contributed by atoms with Gasteiger partial charge in [0.2, 0.25) is 0 Å². The van der Waals surface area contributed by atoms with Crippen LogP contribution in [0, 0.1) is 5.92 Å². The number of nitrogens with two attached hydrogens (primary N) is 1. The second kappa shape index (κ2) is 5.12. The standard InChI is InChI=1S/C10H18IN/c1-8-6-10(11-2)5-3-4-9(8)7-12/h4,8,10H,2-3,5-7,12H2,1H3. The molecule has 0 radical (unpaired) electrons. The van der Waals surface area contributed by atoms with Gasteiger partial charge in [0.05, 0.1) is 0 Å². The van der Waals surface area contributed by atoms with Crippen LogP contribution in [0.5, 0.6) is 0 Å². The Morgan fingerprint density at radius 1 is 1.75 bits per heavy atom. The molecule has 2 N–H and O–H groups in total. The van der Waals surface area contributed by atoms with Crippen LogP contribution in [-0.4, -0.2) is 15.0 Å². The molecule has 1 nitrogen and oxygen atoms in total. The van der Waals surface area contributed by atoms with E-state index in [-0.39, 0.29) is 20.7 Å². The molecule has 0 aromatic carbocycles. The SMILES string of the molecule is C=IC1CCC=C(CN)C(C)C1. The van der Waals surface area contributed by atoms with Crippen LogP contribution < -0.4 is 5.73 Å². The molecule has 2 heteroatoms. The number of hydrogen-bond acceptors (Lipinski definition) is 1. The molecule has 2 atom stereocenters. The molecular formula is C10H18IN. The zero-order chi connectivity index (χ0) is 8.97. The molecule has 0 aliphatic heterocycles. The molecule has 2 unspecified atom stereocenters. The van der Waals surface area contributed by atoms with Crippen LogP contribution in [0.4, 0.5) is 0 Å². The Morgan fingerprint density at radius 2 is 2.50 bits per heavy atom. The molecule has 0 amide bonds. The first-order valence-corrected chi connectivity index (χ1v) is 7.31. The van der Waals surface area contributed by atoms with Gasteiger partial charge in [-0.25, -0.2) is 0 Å². The van der Waals surface area contributed by atoms with Crippen LogP contribution in [0.2, 0.25) is 0 Å². The van der Waals surface area contributed by atoms with Gasteiger partial charge in [0.25, 0.3) is 0 Å². The molecule has 1 rings (SSSR count). The van der Waals surface area contributed by atoms with Gasteiger partial charge in [0, 0.05) is 10.5 Å². The molecule has 0 heterocycles. The maximum atomic E-state index is 5.68. The Morgan fingerprint density at radius 3 is 3.08 bits per heavy atom. The van der Waals surface area contributed by atoms with Crippen LogP contribution in [-0.2, 0) is 0 Å². The maximum Gasteiger partial charge on any atom is 0.0139 e. The van der Waals surface area contributed by atoms with Gasteiger partial charge < -0.3 is 5.73 Å². The zero-order valence-electron chi connectivity index (χ0n) is 7.72. The molecule has 0 spiro atoms. The fraction of sp³-hybridized carbons (Fsp3) is 0.700. The van der Waals surface area contributed by atoms with Gasteiger partial charge in [0.1, 0.15) is 0 Å². The lowest BCUT2D eigenvalue weighted by Gasteiger charge is -2.15. The van der Waals surface area contributed by atoms with Crippen molar-refractivity contribution in [1.29, 1.82) is 0 Å². The third-order valence-corrected chi connectivity index (χ3v) is 4.96. The predicted molar refractivity (Wildman–Crippen MR) is 65.1 cm³/mol. The summed E-state index contributed by atoms with van der Waals surface area (Å²) in [7, 11) is 0. The second-order valence-electron chi connectivity index (χ2n) is 3.45. The molecule has 1 aliphatic carbocycles. The van der Waals surface area contributed by atoms with E-state index < -0.39 is 0 Å². The third kappa shape index (κ3) is 2.66. The van der Waals surface area contributed by atoms with E-state index in [1.165, 1.54) is 24.8 Å². The van der Waals surface area contributed by atoms with E-state index in [2.05, 4.69) is 17.5 Å². The van der Waals surface area contributed by atoms with Crippen LogP contribution >= 0.6 is 20.7 Å². The van der Waals surface area contributed by atoms with Crippen molar-refractivity contribution in [2.45, 2.75) is 30.1 Å². The molecule has 70 valence electrons. The lowest BCUT2D eigenvalue weighted by molar-refractivity contribution is 0.600. The Hall–Kier alpha value is 0.300. The first-order chi connectivity index (χ1) is 5.77. The number of hydrogen-bond donors (Lipinski definition) is 1. The van der Waals surface area contributed by atoms with Crippen LogP contribution in [0.25, 0.3) is 0 Å². The van der Waals surface area contributed by atoms with E-state index in [1.54, 1.807) is 0 Å². The normalized spacial score (nSPS) is 31.0. The number of alkyl halides is 1. The smallest absolute Gasteiger partial charge is 0.0139 e. The first kappa shape index (κ1) is 10.4. The summed E-state index contributed by atoms with van der Waals surface area (Å²) in [5.74, 6) is 0.712. The highest BCUT2D eigenvalue weighted by Crippen LogP contribution is 2.29. The van der Waals surface area contributed by atoms with Gasteiger partial charge in [-0.05, 0) is 25.2 Å². The Bertz CT molecular complexity index is 186. The largest absolute Gasteiger partial charge is 0.327 e. The Labute approximate surface area is 85.2 Å². The van der Waals surface area contributed by atoms with Crippen molar-refractivity contribution in [3.63, 3.8) is 0 Å². The van der Waals surface area contributed by atoms with Gasteiger partial charge in [-0.1, -0.05) is 23.1 Å². The number of halogens is 1. The van der Waals surface area contributed by atoms with E-state index in [0.717, 1.165) is 10.5 Å². The topological polar surface area (TPSA) is 26.0 Å². The molecule has 0 saturated carbocycles. The van der Waals surface area contributed by atoms with E-state index in [4.69, 9.17) is 5.73 Å². The summed E-state index contributed by atoms with van der Waals surface area (Å²) in [6.07, 6.45) is 6.27. The average molecular weight is 279 g/mol. The molecule has 1 aliphatic rings. The summed E-state index contributed by atoms with van der Waals surface area (Å²) in [6.45, 7) is 3.06. The number of rotatable bonds is 2. The fourth-order valence-corrected chi connectivity index (χ4v) is 3.65. The number of allylic oxidation sites excluding steroid dienone is 1. The van der Waals surface area contributed by atoms with Crippen LogP contribution in [0.15, 0.2) is 11.6 Å². The minimum atomic E-state index is 0.193. The first-order valence-electron chi connectivity index (χ1n) is 4.53. The molecule has 0 aromatic heterocycles. The third-order valence-electron chi connectivity index (χ3n) is 2.58. The second-order valence-corrected chi connectivity index (χ2v) is 6.09. The summed E-state index contributed by atoms with van der Waals surface area (Å²) in [6, 6.07) is 0. The minimum absolute atomic E-state index is 0.193.